The van der Waals surface area contributed by atoms with Crippen molar-refractivity contribution in [2.75, 3.05) is 45.5 Å². The number of aromatic nitrogens is 1. The molecule has 32 heavy (non-hydrogen) atoms. The second-order valence-electron chi connectivity index (χ2n) is 9.15. The molecule has 0 radical (unpaired) electrons. The predicted molar refractivity (Wildman–Crippen MR) is 125 cm³/mol. The number of thiazole rings is 1. The normalized spacial score (nSPS) is 20.7. The highest BCUT2D eigenvalue weighted by Crippen LogP contribution is 2.32. The molecule has 0 atom stereocenters. The van der Waals surface area contributed by atoms with E-state index in [4.69, 9.17) is 4.98 Å². The maximum atomic E-state index is 12.9. The standard InChI is InChI=1S/C23H30N4O3S2/c1-32(29,30)19-7-2-4-17(14-19)23-24-20-8-9-25(15-21(20)31-23)16-22(28)27-12-10-26(11-13-27)18-5-3-6-18/h2,4,7,14,18H,3,5-6,8-13,15-16H2,1H3. The quantitative estimate of drug-likeness (QED) is 0.662. The summed E-state index contributed by atoms with van der Waals surface area (Å²) >= 11 is 1.61. The Morgan fingerprint density at radius 2 is 1.94 bits per heavy atom. The van der Waals surface area contributed by atoms with Gasteiger partial charge in [-0.05, 0) is 25.0 Å². The van der Waals surface area contributed by atoms with E-state index in [1.54, 1.807) is 29.5 Å². The SMILES string of the molecule is CS(=O)(=O)c1cccc(-c2nc3c(s2)CN(CC(=O)N2CCN(C4CCC4)CC2)CC3)c1. The molecule has 1 saturated heterocycles. The molecule has 172 valence electrons. The third-order valence-electron chi connectivity index (χ3n) is 6.94. The molecular weight excluding hydrogens is 444 g/mol. The number of hydrogen-bond donors (Lipinski definition) is 0. The number of sulfone groups is 1. The van der Waals surface area contributed by atoms with Crippen molar-refractivity contribution in [1.29, 1.82) is 0 Å². The molecule has 2 aromatic rings. The number of piperazine rings is 1. The molecule has 0 spiro atoms. The Balaban J connectivity index is 1.20. The van der Waals surface area contributed by atoms with Crippen molar-refractivity contribution >= 4 is 27.1 Å². The first-order valence-electron chi connectivity index (χ1n) is 11.4. The summed E-state index contributed by atoms with van der Waals surface area (Å²) in [6, 6.07) is 7.74. The fraction of sp³-hybridized carbons (Fsp3) is 0.565. The topological polar surface area (TPSA) is 73.8 Å². The zero-order chi connectivity index (χ0) is 22.3. The van der Waals surface area contributed by atoms with Gasteiger partial charge in [-0.1, -0.05) is 18.6 Å². The second kappa shape index (κ2) is 8.85. The number of fused-ring (bicyclic) bond motifs is 1. The number of carbonyl (C=O) groups excluding carboxylic acids is 1. The molecule has 1 aromatic carbocycles. The van der Waals surface area contributed by atoms with Crippen molar-refractivity contribution in [3.05, 3.63) is 34.8 Å². The molecule has 1 aromatic heterocycles. The third kappa shape index (κ3) is 4.62. The van der Waals surface area contributed by atoms with E-state index < -0.39 is 9.84 Å². The first-order valence-corrected chi connectivity index (χ1v) is 14.1. The Morgan fingerprint density at radius 1 is 1.16 bits per heavy atom. The van der Waals surface area contributed by atoms with Gasteiger partial charge in [-0.3, -0.25) is 14.6 Å². The fourth-order valence-electron chi connectivity index (χ4n) is 4.75. The number of rotatable bonds is 5. The van der Waals surface area contributed by atoms with Gasteiger partial charge < -0.3 is 4.90 Å². The molecule has 1 aliphatic carbocycles. The molecule has 5 rings (SSSR count). The largest absolute Gasteiger partial charge is 0.339 e. The van der Waals surface area contributed by atoms with Gasteiger partial charge in [0.05, 0.1) is 17.1 Å². The summed E-state index contributed by atoms with van der Waals surface area (Å²) in [5.41, 5.74) is 1.91. The highest BCUT2D eigenvalue weighted by Gasteiger charge is 2.30. The van der Waals surface area contributed by atoms with E-state index in [2.05, 4.69) is 9.80 Å². The molecule has 2 fully saturated rings. The van der Waals surface area contributed by atoms with Crippen LogP contribution in [0, 0.1) is 0 Å². The van der Waals surface area contributed by atoms with E-state index in [-0.39, 0.29) is 5.91 Å². The number of nitrogens with zero attached hydrogens (tertiary/aromatic N) is 4. The minimum Gasteiger partial charge on any atom is -0.339 e. The molecule has 0 N–H and O–H groups in total. The molecule has 1 amide bonds. The Kier molecular flexibility index (Phi) is 6.09. The minimum atomic E-state index is -3.25. The number of hydrogen-bond acceptors (Lipinski definition) is 7. The van der Waals surface area contributed by atoms with Crippen molar-refractivity contribution in [3.63, 3.8) is 0 Å². The van der Waals surface area contributed by atoms with Crippen LogP contribution in [0.25, 0.3) is 10.6 Å². The lowest BCUT2D eigenvalue weighted by molar-refractivity contribution is -0.135. The van der Waals surface area contributed by atoms with Crippen LogP contribution in [0.15, 0.2) is 29.2 Å². The Morgan fingerprint density at radius 3 is 2.62 bits per heavy atom. The van der Waals surface area contributed by atoms with E-state index in [1.165, 1.54) is 30.4 Å². The van der Waals surface area contributed by atoms with Crippen LogP contribution < -0.4 is 0 Å². The zero-order valence-corrected chi connectivity index (χ0v) is 20.1. The van der Waals surface area contributed by atoms with Crippen molar-refractivity contribution < 1.29 is 13.2 Å². The average Bonchev–Trinajstić information content (AvgIpc) is 3.16. The van der Waals surface area contributed by atoms with E-state index in [0.717, 1.165) is 68.0 Å². The summed E-state index contributed by atoms with van der Waals surface area (Å²) in [5.74, 6) is 0.229. The smallest absolute Gasteiger partial charge is 0.236 e. The van der Waals surface area contributed by atoms with Gasteiger partial charge in [-0.2, -0.15) is 0 Å². The highest BCUT2D eigenvalue weighted by molar-refractivity contribution is 7.90. The molecule has 0 unspecified atom stereocenters. The van der Waals surface area contributed by atoms with Crippen LogP contribution in [-0.2, 0) is 27.6 Å². The first-order chi connectivity index (χ1) is 15.4. The molecule has 3 aliphatic rings. The maximum absolute atomic E-state index is 12.9. The third-order valence-corrected chi connectivity index (χ3v) is 9.18. The highest BCUT2D eigenvalue weighted by atomic mass is 32.2. The van der Waals surface area contributed by atoms with E-state index >= 15 is 0 Å². The van der Waals surface area contributed by atoms with Crippen molar-refractivity contribution in [2.24, 2.45) is 0 Å². The summed E-state index contributed by atoms with van der Waals surface area (Å²) in [5, 5.41) is 0.848. The molecule has 1 saturated carbocycles. The molecule has 2 aliphatic heterocycles. The van der Waals surface area contributed by atoms with Crippen LogP contribution in [0.3, 0.4) is 0 Å². The van der Waals surface area contributed by atoms with Crippen LogP contribution in [0.5, 0.6) is 0 Å². The fourth-order valence-corrected chi connectivity index (χ4v) is 6.56. The van der Waals surface area contributed by atoms with Gasteiger partial charge in [0.2, 0.25) is 5.91 Å². The molecule has 3 heterocycles. The maximum Gasteiger partial charge on any atom is 0.236 e. The van der Waals surface area contributed by atoms with Gasteiger partial charge in [0.15, 0.2) is 9.84 Å². The summed E-state index contributed by atoms with van der Waals surface area (Å²) in [4.78, 5) is 26.0. The first kappa shape index (κ1) is 22.0. The summed E-state index contributed by atoms with van der Waals surface area (Å²) in [7, 11) is -3.25. The van der Waals surface area contributed by atoms with Gasteiger partial charge in [0, 0.05) is 68.4 Å². The van der Waals surface area contributed by atoms with Gasteiger partial charge in [-0.25, -0.2) is 13.4 Å². The molecule has 9 heteroatoms. The molecular formula is C23H30N4O3S2. The van der Waals surface area contributed by atoms with Gasteiger partial charge >= 0.3 is 0 Å². The zero-order valence-electron chi connectivity index (χ0n) is 18.5. The second-order valence-corrected chi connectivity index (χ2v) is 12.3. The number of amides is 1. The Bertz CT molecular complexity index is 1100. The van der Waals surface area contributed by atoms with Crippen LogP contribution in [0.2, 0.25) is 0 Å². The van der Waals surface area contributed by atoms with Crippen molar-refractivity contribution in [1.82, 2.24) is 19.7 Å². The summed E-state index contributed by atoms with van der Waals surface area (Å²) in [6.45, 7) is 5.71. The minimum absolute atomic E-state index is 0.229. The Labute approximate surface area is 194 Å². The molecule has 0 bridgehead atoms. The lowest BCUT2D eigenvalue weighted by atomic mass is 9.91. The monoisotopic (exact) mass is 474 g/mol. The van der Waals surface area contributed by atoms with Gasteiger partial charge in [0.25, 0.3) is 0 Å². The predicted octanol–water partition coefficient (Wildman–Crippen LogP) is 2.27. The lowest BCUT2D eigenvalue weighted by Gasteiger charge is -2.43. The lowest BCUT2D eigenvalue weighted by Crippen LogP contribution is -2.55. The average molecular weight is 475 g/mol. The van der Waals surface area contributed by atoms with Crippen molar-refractivity contribution in [3.8, 4) is 10.6 Å². The Hall–Kier alpha value is -1.81. The number of carbonyl (C=O) groups is 1. The van der Waals surface area contributed by atoms with E-state index in [9.17, 15) is 13.2 Å². The van der Waals surface area contributed by atoms with Crippen LogP contribution in [0.1, 0.15) is 29.8 Å². The van der Waals surface area contributed by atoms with E-state index in [0.29, 0.717) is 11.4 Å². The molecule has 7 nitrogen and oxygen atoms in total. The van der Waals surface area contributed by atoms with Gasteiger partial charge in [0.1, 0.15) is 5.01 Å². The van der Waals surface area contributed by atoms with Crippen molar-refractivity contribution in [2.45, 2.75) is 43.2 Å². The van der Waals surface area contributed by atoms with Crippen LogP contribution in [0.4, 0.5) is 0 Å². The van der Waals surface area contributed by atoms with Gasteiger partial charge in [-0.15, -0.1) is 11.3 Å². The van der Waals surface area contributed by atoms with Crippen LogP contribution >= 0.6 is 11.3 Å². The van der Waals surface area contributed by atoms with E-state index in [1.807, 2.05) is 11.0 Å². The van der Waals surface area contributed by atoms with Crippen LogP contribution in [-0.4, -0.2) is 85.6 Å². The summed E-state index contributed by atoms with van der Waals surface area (Å²) in [6.07, 6.45) is 6.03. The summed E-state index contributed by atoms with van der Waals surface area (Å²) < 4.78 is 23.8. The number of benzene rings is 1.